The van der Waals surface area contributed by atoms with Gasteiger partial charge in [0.2, 0.25) is 0 Å². The summed E-state index contributed by atoms with van der Waals surface area (Å²) in [7, 11) is 0. The van der Waals surface area contributed by atoms with Crippen LogP contribution in [0.3, 0.4) is 0 Å². The van der Waals surface area contributed by atoms with Gasteiger partial charge in [0.25, 0.3) is 0 Å². The molecule has 2 aromatic rings. The van der Waals surface area contributed by atoms with Gasteiger partial charge in [-0.25, -0.2) is 4.98 Å². The number of anilines is 1. The molecule has 0 aliphatic heterocycles. The van der Waals surface area contributed by atoms with Crippen molar-refractivity contribution in [2.75, 3.05) is 5.32 Å². The third kappa shape index (κ3) is 1.93. The highest BCUT2D eigenvalue weighted by atomic mass is 16.3. The molecule has 2 heterocycles. The number of pyridine rings is 1. The Morgan fingerprint density at radius 3 is 3.07 bits per heavy atom. The van der Waals surface area contributed by atoms with Gasteiger partial charge in [-0.1, -0.05) is 6.07 Å². The average Bonchev–Trinajstić information content (AvgIpc) is 2.69. The van der Waals surface area contributed by atoms with Crippen LogP contribution in [0, 0.1) is 6.92 Å². The normalized spacial score (nSPS) is 10.1. The van der Waals surface area contributed by atoms with E-state index in [1.165, 1.54) is 0 Å². The van der Waals surface area contributed by atoms with Gasteiger partial charge >= 0.3 is 0 Å². The molecule has 0 aliphatic rings. The van der Waals surface area contributed by atoms with Gasteiger partial charge in [0, 0.05) is 18.3 Å². The molecule has 1 N–H and O–H groups in total. The largest absolute Gasteiger partial charge is 0.472 e. The Morgan fingerprint density at radius 1 is 1.43 bits per heavy atom. The van der Waals surface area contributed by atoms with E-state index in [1.54, 1.807) is 18.7 Å². The molecule has 0 aliphatic carbocycles. The van der Waals surface area contributed by atoms with Crippen molar-refractivity contribution in [1.29, 1.82) is 0 Å². The summed E-state index contributed by atoms with van der Waals surface area (Å²) in [6.45, 7) is 2.78. The van der Waals surface area contributed by atoms with E-state index in [0.29, 0.717) is 0 Å². The highest BCUT2D eigenvalue weighted by Gasteiger charge is 1.98. The molecule has 0 unspecified atom stereocenters. The number of hydrogen-bond donors (Lipinski definition) is 1. The Balaban J connectivity index is 2.02. The van der Waals surface area contributed by atoms with E-state index in [1.807, 2.05) is 25.1 Å². The minimum atomic E-state index is 0.744. The number of nitrogens with one attached hydrogen (secondary N) is 1. The molecule has 0 aromatic carbocycles. The van der Waals surface area contributed by atoms with Crippen LogP contribution in [0.25, 0.3) is 0 Å². The Kier molecular flexibility index (Phi) is 2.49. The van der Waals surface area contributed by atoms with Crippen LogP contribution in [-0.4, -0.2) is 4.98 Å². The third-order valence-corrected chi connectivity index (χ3v) is 2.05. The van der Waals surface area contributed by atoms with Crippen LogP contribution in [0.5, 0.6) is 0 Å². The van der Waals surface area contributed by atoms with Gasteiger partial charge in [-0.05, 0) is 24.6 Å². The highest BCUT2D eigenvalue weighted by Crippen LogP contribution is 2.11. The lowest BCUT2D eigenvalue weighted by Crippen LogP contribution is -2.01. The second kappa shape index (κ2) is 3.96. The number of furan rings is 1. The lowest BCUT2D eigenvalue weighted by atomic mass is 10.3. The first kappa shape index (κ1) is 8.81. The summed E-state index contributed by atoms with van der Waals surface area (Å²) >= 11 is 0. The predicted molar refractivity (Wildman–Crippen MR) is 55.0 cm³/mol. The molecular formula is C11H12N2O. The van der Waals surface area contributed by atoms with E-state index in [2.05, 4.69) is 10.3 Å². The molecule has 0 amide bonds. The summed E-state index contributed by atoms with van der Waals surface area (Å²) in [5.74, 6) is 0.925. The van der Waals surface area contributed by atoms with Gasteiger partial charge in [-0.3, -0.25) is 0 Å². The Bertz CT molecular complexity index is 395. The predicted octanol–water partition coefficient (Wildman–Crippen LogP) is 2.60. The second-order valence-electron chi connectivity index (χ2n) is 3.15. The van der Waals surface area contributed by atoms with Crippen molar-refractivity contribution >= 4 is 5.82 Å². The summed E-state index contributed by atoms with van der Waals surface area (Å²) in [4.78, 5) is 4.24. The summed E-state index contributed by atoms with van der Waals surface area (Å²) in [6.07, 6.45) is 5.18. The summed E-state index contributed by atoms with van der Waals surface area (Å²) in [5.41, 5.74) is 2.27. The molecule has 14 heavy (non-hydrogen) atoms. The molecule has 3 nitrogen and oxygen atoms in total. The Labute approximate surface area is 82.8 Å². The molecule has 0 saturated heterocycles. The molecule has 0 saturated carbocycles. The standard InChI is InChI=1S/C11H12N2O/c1-9-3-2-5-12-11(9)13-7-10-4-6-14-8-10/h2-6,8H,7H2,1H3,(H,12,13). The maximum absolute atomic E-state index is 4.97. The van der Waals surface area contributed by atoms with E-state index < -0.39 is 0 Å². The lowest BCUT2D eigenvalue weighted by molar-refractivity contribution is 0.564. The molecular weight excluding hydrogens is 176 g/mol. The van der Waals surface area contributed by atoms with Gasteiger partial charge in [0.05, 0.1) is 12.5 Å². The topological polar surface area (TPSA) is 38.1 Å². The molecule has 0 bridgehead atoms. The van der Waals surface area contributed by atoms with E-state index in [4.69, 9.17) is 4.42 Å². The first-order chi connectivity index (χ1) is 6.86. The molecule has 0 atom stereocenters. The van der Waals surface area contributed by atoms with Crippen LogP contribution in [0.15, 0.2) is 41.3 Å². The number of aryl methyl sites for hydroxylation is 1. The molecule has 0 spiro atoms. The molecule has 0 fully saturated rings. The van der Waals surface area contributed by atoms with E-state index >= 15 is 0 Å². The number of nitrogens with zero attached hydrogens (tertiary/aromatic N) is 1. The highest BCUT2D eigenvalue weighted by molar-refractivity contribution is 5.42. The fourth-order valence-corrected chi connectivity index (χ4v) is 1.25. The van der Waals surface area contributed by atoms with E-state index in [0.717, 1.165) is 23.5 Å². The van der Waals surface area contributed by atoms with Crippen molar-refractivity contribution in [3.63, 3.8) is 0 Å². The molecule has 72 valence electrons. The Morgan fingerprint density at radius 2 is 2.36 bits per heavy atom. The number of aromatic nitrogens is 1. The zero-order valence-electron chi connectivity index (χ0n) is 8.03. The zero-order chi connectivity index (χ0) is 9.80. The third-order valence-electron chi connectivity index (χ3n) is 2.05. The first-order valence-electron chi connectivity index (χ1n) is 4.53. The fourth-order valence-electron chi connectivity index (χ4n) is 1.25. The van der Waals surface area contributed by atoms with E-state index in [-0.39, 0.29) is 0 Å². The van der Waals surface area contributed by atoms with Crippen molar-refractivity contribution in [3.8, 4) is 0 Å². The maximum Gasteiger partial charge on any atom is 0.129 e. The van der Waals surface area contributed by atoms with Crippen LogP contribution in [0.1, 0.15) is 11.1 Å². The average molecular weight is 188 g/mol. The molecule has 3 heteroatoms. The lowest BCUT2D eigenvalue weighted by Gasteiger charge is -2.05. The van der Waals surface area contributed by atoms with Crippen LogP contribution < -0.4 is 5.32 Å². The maximum atomic E-state index is 4.97. The van der Waals surface area contributed by atoms with Gasteiger partial charge in [0.15, 0.2) is 0 Å². The first-order valence-corrected chi connectivity index (χ1v) is 4.53. The van der Waals surface area contributed by atoms with Crippen molar-refractivity contribution in [1.82, 2.24) is 4.98 Å². The number of hydrogen-bond acceptors (Lipinski definition) is 3. The molecule has 0 radical (unpaired) electrons. The summed E-state index contributed by atoms with van der Waals surface area (Å²) in [5, 5.41) is 3.24. The fraction of sp³-hybridized carbons (Fsp3) is 0.182. The van der Waals surface area contributed by atoms with Crippen LogP contribution in [0.4, 0.5) is 5.82 Å². The quantitative estimate of drug-likeness (QED) is 0.804. The SMILES string of the molecule is Cc1cccnc1NCc1ccoc1. The molecule has 2 aromatic heterocycles. The van der Waals surface area contributed by atoms with Gasteiger partial charge < -0.3 is 9.73 Å². The smallest absolute Gasteiger partial charge is 0.129 e. The monoisotopic (exact) mass is 188 g/mol. The van der Waals surface area contributed by atoms with E-state index in [9.17, 15) is 0 Å². The van der Waals surface area contributed by atoms with Crippen LogP contribution in [0.2, 0.25) is 0 Å². The Hall–Kier alpha value is -1.77. The van der Waals surface area contributed by atoms with Gasteiger partial charge in [-0.15, -0.1) is 0 Å². The minimum Gasteiger partial charge on any atom is -0.472 e. The summed E-state index contributed by atoms with van der Waals surface area (Å²) < 4.78 is 4.97. The van der Waals surface area contributed by atoms with Crippen molar-refractivity contribution < 1.29 is 4.42 Å². The molecule has 2 rings (SSSR count). The van der Waals surface area contributed by atoms with Crippen molar-refractivity contribution in [2.45, 2.75) is 13.5 Å². The summed E-state index contributed by atoms with van der Waals surface area (Å²) in [6, 6.07) is 5.90. The van der Waals surface area contributed by atoms with Crippen molar-refractivity contribution in [2.24, 2.45) is 0 Å². The number of rotatable bonds is 3. The van der Waals surface area contributed by atoms with Crippen molar-refractivity contribution in [3.05, 3.63) is 48.0 Å². The second-order valence-corrected chi connectivity index (χ2v) is 3.15. The zero-order valence-corrected chi connectivity index (χ0v) is 8.03. The minimum absolute atomic E-state index is 0.744. The van der Waals surface area contributed by atoms with Gasteiger partial charge in [-0.2, -0.15) is 0 Å². The van der Waals surface area contributed by atoms with Gasteiger partial charge in [0.1, 0.15) is 5.82 Å². The van der Waals surface area contributed by atoms with Crippen LogP contribution in [-0.2, 0) is 6.54 Å². The van der Waals surface area contributed by atoms with Crippen LogP contribution >= 0.6 is 0 Å².